The van der Waals surface area contributed by atoms with E-state index in [2.05, 4.69) is 24.1 Å². The lowest BCUT2D eigenvalue weighted by Crippen LogP contribution is -2.31. The van der Waals surface area contributed by atoms with Gasteiger partial charge in [-0.2, -0.15) is 0 Å². The summed E-state index contributed by atoms with van der Waals surface area (Å²) in [6.45, 7) is 8.92. The zero-order chi connectivity index (χ0) is 18.9. The predicted molar refractivity (Wildman–Crippen MR) is 107 cm³/mol. The molecule has 142 valence electrons. The smallest absolute Gasteiger partial charge is 0.131 e. The van der Waals surface area contributed by atoms with E-state index in [0.29, 0.717) is 27.9 Å². The van der Waals surface area contributed by atoms with E-state index < -0.39 is 0 Å². The Morgan fingerprint density at radius 2 is 1.88 bits per heavy atom. The van der Waals surface area contributed by atoms with Gasteiger partial charge in [0.2, 0.25) is 0 Å². The highest BCUT2D eigenvalue weighted by molar-refractivity contribution is 6.31. The fourth-order valence-corrected chi connectivity index (χ4v) is 3.06. The number of benzene rings is 2. The van der Waals surface area contributed by atoms with Gasteiger partial charge in [0.25, 0.3) is 0 Å². The second kappa shape index (κ2) is 10.7. The first kappa shape index (κ1) is 21.0. The van der Waals surface area contributed by atoms with Crippen LogP contribution in [0.2, 0.25) is 10.0 Å². The Bertz CT molecular complexity index is 688. The van der Waals surface area contributed by atoms with Crippen LogP contribution in [-0.2, 0) is 13.2 Å². The molecule has 0 aliphatic heterocycles. The van der Waals surface area contributed by atoms with E-state index in [9.17, 15) is 4.39 Å². The fourth-order valence-electron chi connectivity index (χ4n) is 2.65. The molecule has 0 saturated carbocycles. The molecule has 3 nitrogen and oxygen atoms in total. The molecule has 0 unspecified atom stereocenters. The van der Waals surface area contributed by atoms with Crippen LogP contribution in [0.25, 0.3) is 0 Å². The minimum Gasteiger partial charge on any atom is -0.488 e. The molecule has 0 heterocycles. The Kier molecular flexibility index (Phi) is 8.66. The lowest BCUT2D eigenvalue weighted by atomic mass is 10.2. The Morgan fingerprint density at radius 1 is 1.12 bits per heavy atom. The molecule has 0 aliphatic carbocycles. The number of hydrogen-bond donors (Lipinski definition) is 1. The molecule has 0 saturated heterocycles. The maximum absolute atomic E-state index is 13.9. The van der Waals surface area contributed by atoms with Crippen molar-refractivity contribution in [2.24, 2.45) is 0 Å². The molecular weight excluding hydrogens is 374 g/mol. The summed E-state index contributed by atoms with van der Waals surface area (Å²) < 4.78 is 19.7. The quantitative estimate of drug-likeness (QED) is 0.560. The third-order valence-corrected chi connectivity index (χ3v) is 4.86. The first-order chi connectivity index (χ1) is 12.5. The average Bonchev–Trinajstić information content (AvgIpc) is 2.63. The Hall–Kier alpha value is -1.33. The molecule has 0 amide bonds. The zero-order valence-electron chi connectivity index (χ0n) is 15.2. The zero-order valence-corrected chi connectivity index (χ0v) is 16.7. The van der Waals surface area contributed by atoms with Gasteiger partial charge in [0.15, 0.2) is 0 Å². The Morgan fingerprint density at radius 3 is 2.58 bits per heavy atom. The summed E-state index contributed by atoms with van der Waals surface area (Å²) in [4.78, 5) is 2.35. The van der Waals surface area contributed by atoms with Crippen LogP contribution >= 0.6 is 23.2 Å². The standard InChI is InChI=1S/C20H25Cl2FN2O/c1-3-25(4-2)11-10-24-13-15-12-16(21)8-9-20(15)26-14-17-18(22)6-5-7-19(17)23/h5-9,12,24H,3-4,10-11,13-14H2,1-2H3. The highest BCUT2D eigenvalue weighted by Crippen LogP contribution is 2.26. The number of halogens is 3. The maximum atomic E-state index is 13.9. The molecule has 0 bridgehead atoms. The minimum absolute atomic E-state index is 0.0690. The van der Waals surface area contributed by atoms with E-state index in [4.69, 9.17) is 27.9 Å². The largest absolute Gasteiger partial charge is 0.488 e. The molecule has 2 aromatic rings. The van der Waals surface area contributed by atoms with Gasteiger partial charge in [0.05, 0.1) is 5.02 Å². The third-order valence-electron chi connectivity index (χ3n) is 4.27. The maximum Gasteiger partial charge on any atom is 0.131 e. The van der Waals surface area contributed by atoms with Gasteiger partial charge >= 0.3 is 0 Å². The van der Waals surface area contributed by atoms with Gasteiger partial charge in [0.1, 0.15) is 18.2 Å². The van der Waals surface area contributed by atoms with E-state index in [1.54, 1.807) is 24.3 Å². The number of nitrogens with zero attached hydrogens (tertiary/aromatic N) is 1. The number of rotatable bonds is 10. The van der Waals surface area contributed by atoms with Crippen molar-refractivity contribution in [3.8, 4) is 5.75 Å². The van der Waals surface area contributed by atoms with Crippen molar-refractivity contribution in [2.75, 3.05) is 26.2 Å². The van der Waals surface area contributed by atoms with Crippen LogP contribution in [0.5, 0.6) is 5.75 Å². The fraction of sp³-hybridized carbons (Fsp3) is 0.400. The van der Waals surface area contributed by atoms with Crippen molar-refractivity contribution in [3.63, 3.8) is 0 Å². The summed E-state index contributed by atoms with van der Waals surface area (Å²) in [6.07, 6.45) is 0. The van der Waals surface area contributed by atoms with Crippen molar-refractivity contribution >= 4 is 23.2 Å². The SMILES string of the molecule is CCN(CC)CCNCc1cc(Cl)ccc1OCc1c(F)cccc1Cl. The molecular formula is C20H25Cl2FN2O. The molecule has 26 heavy (non-hydrogen) atoms. The molecule has 0 spiro atoms. The highest BCUT2D eigenvalue weighted by atomic mass is 35.5. The molecule has 0 radical (unpaired) electrons. The van der Waals surface area contributed by atoms with Gasteiger partial charge in [0, 0.05) is 35.8 Å². The van der Waals surface area contributed by atoms with Crippen LogP contribution < -0.4 is 10.1 Å². The van der Waals surface area contributed by atoms with E-state index in [-0.39, 0.29) is 12.4 Å². The van der Waals surface area contributed by atoms with E-state index >= 15 is 0 Å². The molecule has 2 aromatic carbocycles. The van der Waals surface area contributed by atoms with E-state index in [1.165, 1.54) is 6.07 Å². The third kappa shape index (κ3) is 6.13. The van der Waals surface area contributed by atoms with Gasteiger partial charge in [-0.1, -0.05) is 43.1 Å². The summed E-state index contributed by atoms with van der Waals surface area (Å²) in [5.74, 6) is 0.300. The monoisotopic (exact) mass is 398 g/mol. The van der Waals surface area contributed by atoms with E-state index in [0.717, 1.165) is 31.7 Å². The number of likely N-dealkylation sites (N-methyl/N-ethyl adjacent to an activating group) is 1. The van der Waals surface area contributed by atoms with Crippen molar-refractivity contribution in [1.82, 2.24) is 10.2 Å². The minimum atomic E-state index is -0.370. The lowest BCUT2D eigenvalue weighted by molar-refractivity contribution is 0.292. The van der Waals surface area contributed by atoms with Gasteiger partial charge in [-0.3, -0.25) is 0 Å². The number of nitrogens with one attached hydrogen (secondary N) is 1. The van der Waals surface area contributed by atoms with Crippen LogP contribution in [0.3, 0.4) is 0 Å². The summed E-state index contributed by atoms with van der Waals surface area (Å²) in [5, 5.41) is 4.41. The molecule has 6 heteroatoms. The summed E-state index contributed by atoms with van der Waals surface area (Å²) in [5.41, 5.74) is 1.29. The summed E-state index contributed by atoms with van der Waals surface area (Å²) >= 11 is 12.2. The molecule has 1 N–H and O–H groups in total. The normalized spacial score (nSPS) is 11.2. The Labute approximate surface area is 165 Å². The van der Waals surface area contributed by atoms with Gasteiger partial charge in [-0.15, -0.1) is 0 Å². The molecule has 0 fully saturated rings. The van der Waals surface area contributed by atoms with Gasteiger partial charge in [-0.05, 0) is 43.4 Å². The van der Waals surface area contributed by atoms with Gasteiger partial charge in [-0.25, -0.2) is 4.39 Å². The second-order valence-electron chi connectivity index (χ2n) is 5.94. The highest BCUT2D eigenvalue weighted by Gasteiger charge is 2.10. The molecule has 0 aliphatic rings. The molecule has 0 atom stereocenters. The molecule has 2 rings (SSSR count). The second-order valence-corrected chi connectivity index (χ2v) is 6.79. The predicted octanol–water partition coefficient (Wildman–Crippen LogP) is 5.14. The van der Waals surface area contributed by atoms with Gasteiger partial charge < -0.3 is 15.0 Å². The first-order valence-corrected chi connectivity index (χ1v) is 9.57. The first-order valence-electron chi connectivity index (χ1n) is 8.82. The summed E-state index contributed by atoms with van der Waals surface area (Å²) in [7, 11) is 0. The Balaban J connectivity index is 1.98. The topological polar surface area (TPSA) is 24.5 Å². The number of hydrogen-bond acceptors (Lipinski definition) is 3. The van der Waals surface area contributed by atoms with Crippen LogP contribution in [0.15, 0.2) is 36.4 Å². The number of ether oxygens (including phenoxy) is 1. The van der Waals surface area contributed by atoms with Crippen LogP contribution in [0.1, 0.15) is 25.0 Å². The van der Waals surface area contributed by atoms with E-state index in [1.807, 2.05) is 6.07 Å². The van der Waals surface area contributed by atoms with Crippen LogP contribution in [-0.4, -0.2) is 31.1 Å². The van der Waals surface area contributed by atoms with Crippen molar-refractivity contribution in [1.29, 1.82) is 0 Å². The van der Waals surface area contributed by atoms with Crippen molar-refractivity contribution < 1.29 is 9.13 Å². The lowest BCUT2D eigenvalue weighted by Gasteiger charge is -2.18. The van der Waals surface area contributed by atoms with Crippen molar-refractivity contribution in [2.45, 2.75) is 27.0 Å². The van der Waals surface area contributed by atoms with Crippen LogP contribution in [0.4, 0.5) is 4.39 Å². The molecule has 0 aromatic heterocycles. The van der Waals surface area contributed by atoms with Crippen LogP contribution in [0, 0.1) is 5.82 Å². The average molecular weight is 399 g/mol. The van der Waals surface area contributed by atoms with Crippen molar-refractivity contribution in [3.05, 3.63) is 63.4 Å². The summed E-state index contributed by atoms with van der Waals surface area (Å²) in [6, 6.07) is 10.0.